The van der Waals surface area contributed by atoms with Crippen molar-refractivity contribution in [3.63, 3.8) is 0 Å². The van der Waals surface area contributed by atoms with Gasteiger partial charge in [0.05, 0.1) is 0 Å². The molecule has 0 saturated carbocycles. The number of unbranched alkanes of at least 4 members (excludes halogenated alkanes) is 2. The summed E-state index contributed by atoms with van der Waals surface area (Å²) in [6.07, 6.45) is 8.34. The largest absolute Gasteiger partial charge is 2.00 e. The Bertz CT molecular complexity index is 314. The van der Waals surface area contributed by atoms with Crippen LogP contribution in [0.25, 0.3) is 0 Å². The quantitative estimate of drug-likeness (QED) is 0.472. The predicted molar refractivity (Wildman–Crippen MR) is 95.1 cm³/mol. The van der Waals surface area contributed by atoms with Crippen LogP contribution in [-0.2, 0) is 26.7 Å². The summed E-state index contributed by atoms with van der Waals surface area (Å²) in [6.45, 7) is 11.9. The number of carboxylic acid groups (broad SMARTS) is 2. The van der Waals surface area contributed by atoms with Gasteiger partial charge in [-0.1, -0.05) is 67.2 Å². The van der Waals surface area contributed by atoms with Gasteiger partial charge in [0.1, 0.15) is 0 Å². The van der Waals surface area contributed by atoms with Gasteiger partial charge < -0.3 is 19.8 Å². The number of hydrogen-bond donors (Lipinski definition) is 0. The fraction of sp³-hybridized carbons (Fsp3) is 0.900. The van der Waals surface area contributed by atoms with E-state index >= 15 is 0 Å². The molecule has 0 aliphatic heterocycles. The minimum atomic E-state index is -0.874. The topological polar surface area (TPSA) is 80.3 Å². The molecule has 0 amide bonds. The SMILES string of the molecule is CCCCC(CC)(CC)C(=O)[O-].CCCCC(CC)(CC)C(=O)[O-].[Fe+2]. The fourth-order valence-corrected chi connectivity index (χ4v) is 3.02. The summed E-state index contributed by atoms with van der Waals surface area (Å²) in [5.41, 5.74) is -1.12. The second-order valence-corrected chi connectivity index (χ2v) is 6.76. The predicted octanol–water partition coefficient (Wildman–Crippen LogP) is 3.46. The van der Waals surface area contributed by atoms with E-state index in [0.717, 1.165) is 38.5 Å². The maximum absolute atomic E-state index is 10.9. The molecule has 0 aromatic carbocycles. The summed E-state index contributed by atoms with van der Waals surface area (Å²) in [5, 5.41) is 21.8. The van der Waals surface area contributed by atoms with Crippen molar-refractivity contribution in [2.45, 2.75) is 106 Å². The molecule has 0 aliphatic carbocycles. The van der Waals surface area contributed by atoms with Crippen molar-refractivity contribution in [3.8, 4) is 0 Å². The molecular weight excluding hydrogens is 360 g/mol. The van der Waals surface area contributed by atoms with Crippen LogP contribution in [-0.4, -0.2) is 11.9 Å². The van der Waals surface area contributed by atoms with Gasteiger partial charge in [0.15, 0.2) is 0 Å². The molecule has 0 heterocycles. The Hall–Kier alpha value is -0.541. The van der Waals surface area contributed by atoms with Gasteiger partial charge >= 0.3 is 17.1 Å². The summed E-state index contributed by atoms with van der Waals surface area (Å²) >= 11 is 0. The van der Waals surface area contributed by atoms with Crippen LogP contribution in [0.1, 0.15) is 106 Å². The Morgan fingerprint density at radius 1 is 0.640 bits per heavy atom. The van der Waals surface area contributed by atoms with Gasteiger partial charge in [0, 0.05) is 22.8 Å². The van der Waals surface area contributed by atoms with Crippen molar-refractivity contribution in [1.29, 1.82) is 0 Å². The molecule has 0 atom stereocenters. The third-order valence-corrected chi connectivity index (χ3v) is 5.59. The van der Waals surface area contributed by atoms with Gasteiger partial charge in [-0.2, -0.15) is 0 Å². The van der Waals surface area contributed by atoms with Crippen LogP contribution >= 0.6 is 0 Å². The monoisotopic (exact) mass is 398 g/mol. The Kier molecular flexibility index (Phi) is 18.4. The van der Waals surface area contributed by atoms with E-state index < -0.39 is 22.8 Å². The maximum Gasteiger partial charge on any atom is 2.00 e. The van der Waals surface area contributed by atoms with E-state index in [1.165, 1.54) is 0 Å². The Balaban J connectivity index is -0.000000372. The van der Waals surface area contributed by atoms with Crippen molar-refractivity contribution in [1.82, 2.24) is 0 Å². The van der Waals surface area contributed by atoms with Crippen LogP contribution < -0.4 is 10.2 Å². The molecule has 25 heavy (non-hydrogen) atoms. The molecule has 0 aromatic rings. The molecule has 0 N–H and O–H groups in total. The van der Waals surface area contributed by atoms with E-state index in [9.17, 15) is 19.8 Å². The third kappa shape index (κ3) is 9.65. The third-order valence-electron chi connectivity index (χ3n) is 5.59. The summed E-state index contributed by atoms with van der Waals surface area (Å²) in [7, 11) is 0. The molecule has 0 unspecified atom stereocenters. The van der Waals surface area contributed by atoms with E-state index in [2.05, 4.69) is 13.8 Å². The zero-order chi connectivity index (χ0) is 19.2. The maximum atomic E-state index is 10.9. The Labute approximate surface area is 165 Å². The zero-order valence-corrected chi connectivity index (χ0v) is 18.2. The van der Waals surface area contributed by atoms with E-state index in [1.807, 2.05) is 27.7 Å². The average molecular weight is 398 g/mol. The van der Waals surface area contributed by atoms with Gasteiger partial charge in [0.25, 0.3) is 0 Å². The van der Waals surface area contributed by atoms with Crippen LogP contribution in [0.3, 0.4) is 0 Å². The van der Waals surface area contributed by atoms with Gasteiger partial charge in [-0.25, -0.2) is 0 Å². The molecule has 5 heteroatoms. The molecule has 0 fully saturated rings. The zero-order valence-electron chi connectivity index (χ0n) is 17.1. The number of carbonyl (C=O) groups is 2. The van der Waals surface area contributed by atoms with E-state index in [0.29, 0.717) is 25.7 Å². The molecule has 0 aromatic heterocycles. The van der Waals surface area contributed by atoms with Gasteiger partial charge in [0.2, 0.25) is 0 Å². The second kappa shape index (κ2) is 15.7. The number of aliphatic carboxylic acids is 2. The molecular formula is C20H38FeO4. The first-order valence-corrected chi connectivity index (χ1v) is 9.68. The molecule has 150 valence electrons. The van der Waals surface area contributed by atoms with Crippen molar-refractivity contribution in [3.05, 3.63) is 0 Å². The molecule has 0 radical (unpaired) electrons. The second-order valence-electron chi connectivity index (χ2n) is 6.76. The summed E-state index contributed by atoms with van der Waals surface area (Å²) in [6, 6.07) is 0. The number of hydrogen-bond acceptors (Lipinski definition) is 4. The molecule has 4 nitrogen and oxygen atoms in total. The Morgan fingerprint density at radius 2 is 0.880 bits per heavy atom. The van der Waals surface area contributed by atoms with E-state index in [1.54, 1.807) is 0 Å². The minimum absolute atomic E-state index is 0. The normalized spacial score (nSPS) is 11.1. The van der Waals surface area contributed by atoms with Crippen LogP contribution in [0.4, 0.5) is 0 Å². The summed E-state index contributed by atoms with van der Waals surface area (Å²) < 4.78 is 0. The first kappa shape index (κ1) is 29.2. The van der Waals surface area contributed by atoms with Crippen LogP contribution in [0.5, 0.6) is 0 Å². The van der Waals surface area contributed by atoms with E-state index in [-0.39, 0.29) is 17.1 Å². The smallest absolute Gasteiger partial charge is 0.550 e. The van der Waals surface area contributed by atoms with Crippen molar-refractivity contribution < 1.29 is 36.9 Å². The minimum Gasteiger partial charge on any atom is -0.550 e. The van der Waals surface area contributed by atoms with Gasteiger partial charge in [-0.05, 0) is 38.5 Å². The molecule has 0 rings (SSSR count). The Morgan fingerprint density at radius 3 is 1.00 bits per heavy atom. The summed E-state index contributed by atoms with van der Waals surface area (Å²) in [4.78, 5) is 21.8. The standard InChI is InChI=1S/2C10H20O2.Fe/c2*1-4-7-8-10(5-2,6-3)9(11)12;/h2*4-8H2,1-3H3,(H,11,12);/q;;+2/p-2. The van der Waals surface area contributed by atoms with Crippen molar-refractivity contribution in [2.24, 2.45) is 10.8 Å². The molecule has 0 bridgehead atoms. The summed E-state index contributed by atoms with van der Waals surface area (Å²) in [5.74, 6) is -1.75. The van der Waals surface area contributed by atoms with Gasteiger partial charge in [-0.3, -0.25) is 0 Å². The number of carbonyl (C=O) groups excluding carboxylic acids is 2. The van der Waals surface area contributed by atoms with Crippen LogP contribution in [0.15, 0.2) is 0 Å². The van der Waals surface area contributed by atoms with Crippen molar-refractivity contribution >= 4 is 11.9 Å². The van der Waals surface area contributed by atoms with Crippen LogP contribution in [0.2, 0.25) is 0 Å². The first-order valence-electron chi connectivity index (χ1n) is 9.68. The van der Waals surface area contributed by atoms with Gasteiger partial charge in [-0.15, -0.1) is 0 Å². The van der Waals surface area contributed by atoms with Crippen LogP contribution in [0, 0.1) is 10.8 Å². The van der Waals surface area contributed by atoms with E-state index in [4.69, 9.17) is 0 Å². The molecule has 0 saturated heterocycles. The molecule has 0 aliphatic rings. The fourth-order valence-electron chi connectivity index (χ4n) is 3.02. The molecule has 0 spiro atoms. The first-order chi connectivity index (χ1) is 11.3. The number of carboxylic acids is 2. The van der Waals surface area contributed by atoms with Crippen molar-refractivity contribution in [2.75, 3.05) is 0 Å². The number of rotatable bonds is 12. The average Bonchev–Trinajstić information content (AvgIpc) is 2.58.